The minimum Gasteiger partial charge on any atom is -0.197 e. The van der Waals surface area contributed by atoms with E-state index >= 15 is 0 Å². The molecular formula is C8H6N2. The molecule has 0 spiro atoms. The van der Waals surface area contributed by atoms with Crippen LogP contribution < -0.4 is 0 Å². The van der Waals surface area contributed by atoms with E-state index in [0.29, 0.717) is 0 Å². The molecule has 0 fully saturated rings. The molecule has 0 amide bonds. The highest BCUT2D eigenvalue weighted by molar-refractivity contribution is 5.23. The molecule has 10 heavy (non-hydrogen) atoms. The molecule has 1 rings (SSSR count). The zero-order valence-electron chi connectivity index (χ0n) is 5.36. The van der Waals surface area contributed by atoms with Crippen molar-refractivity contribution in [2.75, 3.05) is 0 Å². The van der Waals surface area contributed by atoms with Crippen molar-refractivity contribution in [2.45, 2.75) is 0 Å². The van der Waals surface area contributed by atoms with E-state index < -0.39 is 0 Å². The molecule has 0 aromatic heterocycles. The van der Waals surface area contributed by atoms with Crippen LogP contribution in [0.2, 0.25) is 0 Å². The summed E-state index contributed by atoms with van der Waals surface area (Å²) < 4.78 is 0. The highest BCUT2D eigenvalue weighted by atomic mass is 14.3. The normalized spacial score (nSPS) is 29.0. The first kappa shape index (κ1) is 6.58. The van der Waals surface area contributed by atoms with Gasteiger partial charge in [0.2, 0.25) is 0 Å². The zero-order chi connectivity index (χ0) is 7.40. The van der Waals surface area contributed by atoms with Crippen molar-refractivity contribution in [3.63, 3.8) is 0 Å². The lowest BCUT2D eigenvalue weighted by Crippen LogP contribution is -1.97. The fourth-order valence-corrected chi connectivity index (χ4v) is 0.779. The largest absolute Gasteiger partial charge is 0.197 e. The van der Waals surface area contributed by atoms with Gasteiger partial charge in [-0.25, -0.2) is 0 Å². The van der Waals surface area contributed by atoms with Gasteiger partial charge in [-0.15, -0.1) is 0 Å². The first-order valence-electron chi connectivity index (χ1n) is 3.02. The Morgan fingerprint density at radius 1 is 0.800 bits per heavy atom. The second kappa shape index (κ2) is 2.85. The summed E-state index contributed by atoms with van der Waals surface area (Å²) in [5.74, 6) is -0.269. The molecular weight excluding hydrogens is 124 g/mol. The van der Waals surface area contributed by atoms with Crippen LogP contribution in [0.5, 0.6) is 0 Å². The summed E-state index contributed by atoms with van der Waals surface area (Å²) in [6, 6.07) is 4.13. The lowest BCUT2D eigenvalue weighted by atomic mass is 9.98. The Kier molecular flexibility index (Phi) is 1.87. The van der Waals surface area contributed by atoms with Crippen molar-refractivity contribution in [3.05, 3.63) is 24.3 Å². The van der Waals surface area contributed by atoms with Gasteiger partial charge in [0.25, 0.3) is 0 Å². The first-order chi connectivity index (χ1) is 4.86. The maximum absolute atomic E-state index is 8.41. The van der Waals surface area contributed by atoms with Gasteiger partial charge in [0.05, 0.1) is 24.0 Å². The average molecular weight is 130 g/mol. The smallest absolute Gasteiger partial charge is 0.0825 e. The van der Waals surface area contributed by atoms with Gasteiger partial charge in [0, 0.05) is 0 Å². The van der Waals surface area contributed by atoms with E-state index in [1.54, 1.807) is 24.3 Å². The SMILES string of the molecule is N#CC1C=CC(C#N)C=C1. The number of nitriles is 2. The Balaban J connectivity index is 2.66. The summed E-state index contributed by atoms with van der Waals surface area (Å²) in [5, 5.41) is 16.8. The van der Waals surface area contributed by atoms with Gasteiger partial charge < -0.3 is 0 Å². The van der Waals surface area contributed by atoms with Crippen molar-refractivity contribution in [2.24, 2.45) is 11.8 Å². The summed E-state index contributed by atoms with van der Waals surface area (Å²) in [5.41, 5.74) is 0. The lowest BCUT2D eigenvalue weighted by molar-refractivity contribution is 0.955. The summed E-state index contributed by atoms with van der Waals surface area (Å²) in [6.07, 6.45) is 6.98. The van der Waals surface area contributed by atoms with Crippen LogP contribution in [-0.4, -0.2) is 0 Å². The Morgan fingerprint density at radius 2 is 1.10 bits per heavy atom. The summed E-state index contributed by atoms with van der Waals surface area (Å²) >= 11 is 0. The maximum Gasteiger partial charge on any atom is 0.0825 e. The number of hydrogen-bond acceptors (Lipinski definition) is 2. The number of nitrogens with zero attached hydrogens (tertiary/aromatic N) is 2. The number of hydrogen-bond donors (Lipinski definition) is 0. The quantitative estimate of drug-likeness (QED) is 0.465. The minimum atomic E-state index is -0.135. The standard InChI is InChI=1S/C8H6N2/c9-5-7-1-2-8(6-10)4-3-7/h1-4,7-8H. The van der Waals surface area contributed by atoms with Crippen LogP contribution in [0.25, 0.3) is 0 Å². The summed E-state index contributed by atoms with van der Waals surface area (Å²) in [7, 11) is 0. The lowest BCUT2D eigenvalue weighted by Gasteiger charge is -2.03. The second-order valence-corrected chi connectivity index (χ2v) is 2.08. The molecule has 0 bridgehead atoms. The summed E-state index contributed by atoms with van der Waals surface area (Å²) in [6.45, 7) is 0. The predicted molar refractivity (Wildman–Crippen MR) is 36.5 cm³/mol. The number of allylic oxidation sites excluding steroid dienone is 4. The number of rotatable bonds is 0. The van der Waals surface area contributed by atoms with Crippen molar-refractivity contribution in [3.8, 4) is 12.1 Å². The maximum atomic E-state index is 8.41. The van der Waals surface area contributed by atoms with Crippen LogP contribution >= 0.6 is 0 Å². The van der Waals surface area contributed by atoms with Crippen LogP contribution in [0.1, 0.15) is 0 Å². The van der Waals surface area contributed by atoms with Crippen molar-refractivity contribution in [1.82, 2.24) is 0 Å². The average Bonchev–Trinajstić information content (AvgIpc) is 2.05. The van der Waals surface area contributed by atoms with Gasteiger partial charge in [-0.3, -0.25) is 0 Å². The van der Waals surface area contributed by atoms with Gasteiger partial charge in [-0.1, -0.05) is 24.3 Å². The van der Waals surface area contributed by atoms with Crippen LogP contribution in [0.15, 0.2) is 24.3 Å². The highest BCUT2D eigenvalue weighted by Gasteiger charge is 2.05. The Morgan fingerprint density at radius 3 is 1.30 bits per heavy atom. The molecule has 0 unspecified atom stereocenters. The predicted octanol–water partition coefficient (Wildman–Crippen LogP) is 1.39. The van der Waals surface area contributed by atoms with E-state index in [1.807, 2.05) is 0 Å². The van der Waals surface area contributed by atoms with Crippen molar-refractivity contribution in [1.29, 1.82) is 10.5 Å². The first-order valence-corrected chi connectivity index (χ1v) is 3.02. The second-order valence-electron chi connectivity index (χ2n) is 2.08. The zero-order valence-corrected chi connectivity index (χ0v) is 5.36. The van der Waals surface area contributed by atoms with Crippen molar-refractivity contribution < 1.29 is 0 Å². The van der Waals surface area contributed by atoms with Gasteiger partial charge in [0.15, 0.2) is 0 Å². The molecule has 0 heterocycles. The molecule has 2 nitrogen and oxygen atoms in total. The van der Waals surface area contributed by atoms with Gasteiger partial charge in [0.1, 0.15) is 0 Å². The molecule has 0 saturated heterocycles. The molecule has 0 radical (unpaired) electrons. The van der Waals surface area contributed by atoms with Crippen LogP contribution in [-0.2, 0) is 0 Å². The van der Waals surface area contributed by atoms with E-state index in [0.717, 1.165) is 0 Å². The third-order valence-corrected chi connectivity index (χ3v) is 1.35. The molecule has 0 atom stereocenters. The molecule has 0 aliphatic heterocycles. The van der Waals surface area contributed by atoms with E-state index in [1.165, 1.54) is 0 Å². The molecule has 0 aromatic carbocycles. The van der Waals surface area contributed by atoms with Crippen LogP contribution in [0.3, 0.4) is 0 Å². The molecule has 1 aliphatic rings. The summed E-state index contributed by atoms with van der Waals surface area (Å²) in [4.78, 5) is 0. The van der Waals surface area contributed by atoms with E-state index in [-0.39, 0.29) is 11.8 Å². The van der Waals surface area contributed by atoms with Crippen LogP contribution in [0.4, 0.5) is 0 Å². The molecule has 0 saturated carbocycles. The molecule has 0 N–H and O–H groups in total. The third-order valence-electron chi connectivity index (χ3n) is 1.35. The molecule has 2 heteroatoms. The van der Waals surface area contributed by atoms with Gasteiger partial charge >= 0.3 is 0 Å². The van der Waals surface area contributed by atoms with Crippen molar-refractivity contribution >= 4 is 0 Å². The van der Waals surface area contributed by atoms with Gasteiger partial charge in [-0.05, 0) is 0 Å². The fraction of sp³-hybridized carbons (Fsp3) is 0.250. The van der Waals surface area contributed by atoms with E-state index in [9.17, 15) is 0 Å². The monoisotopic (exact) mass is 130 g/mol. The highest BCUT2D eigenvalue weighted by Crippen LogP contribution is 2.12. The molecule has 1 aliphatic carbocycles. The van der Waals surface area contributed by atoms with Crippen LogP contribution in [0, 0.1) is 34.5 Å². The van der Waals surface area contributed by atoms with E-state index in [4.69, 9.17) is 10.5 Å². The Bertz CT molecular complexity index is 209. The molecule has 48 valence electrons. The fourth-order valence-electron chi connectivity index (χ4n) is 0.779. The Hall–Kier alpha value is -1.54. The van der Waals surface area contributed by atoms with E-state index in [2.05, 4.69) is 12.1 Å². The molecule has 0 aromatic rings. The topological polar surface area (TPSA) is 47.6 Å². The Labute approximate surface area is 59.7 Å². The third kappa shape index (κ3) is 1.24. The minimum absolute atomic E-state index is 0.135. The van der Waals surface area contributed by atoms with Gasteiger partial charge in [-0.2, -0.15) is 10.5 Å².